The molecule has 1 fully saturated rings. The fourth-order valence-corrected chi connectivity index (χ4v) is 5.59. The van der Waals surface area contributed by atoms with E-state index >= 15 is 0 Å². The van der Waals surface area contributed by atoms with Gasteiger partial charge >= 0.3 is 5.76 Å². The number of ether oxygens (including phenoxy) is 4. The maximum atomic E-state index is 13.0. The van der Waals surface area contributed by atoms with Crippen LogP contribution in [0.5, 0.6) is 17.2 Å². The van der Waals surface area contributed by atoms with Crippen molar-refractivity contribution in [3.05, 3.63) is 71.7 Å². The van der Waals surface area contributed by atoms with Gasteiger partial charge in [-0.2, -0.15) is 13.9 Å². The highest BCUT2D eigenvalue weighted by molar-refractivity contribution is 8.00. The Bertz CT molecular complexity index is 1660. The van der Waals surface area contributed by atoms with Crippen LogP contribution in [0.3, 0.4) is 0 Å². The minimum Gasteiger partial charge on any atom is -0.487 e. The van der Waals surface area contributed by atoms with Gasteiger partial charge in [-0.3, -0.25) is 10.1 Å². The van der Waals surface area contributed by atoms with Gasteiger partial charge in [-0.05, 0) is 42.7 Å². The van der Waals surface area contributed by atoms with Crippen LogP contribution in [0.1, 0.15) is 35.6 Å². The van der Waals surface area contributed by atoms with Crippen molar-refractivity contribution in [3.63, 3.8) is 0 Å². The average molecular weight is 624 g/mol. The third-order valence-electron chi connectivity index (χ3n) is 7.45. The van der Waals surface area contributed by atoms with E-state index in [1.807, 2.05) is 16.9 Å². The van der Waals surface area contributed by atoms with E-state index in [-0.39, 0.29) is 48.7 Å². The van der Waals surface area contributed by atoms with Crippen molar-refractivity contribution >= 4 is 34.9 Å². The SMILES string of the molecule is CNc1c(-c2cnn(C3CCOCC3)c2)cnc(N)c1C(=N)c1ccc(NSC(F)F)c(OCc2ccc3c(c2)OCO3)c1. The third-order valence-corrected chi connectivity index (χ3v) is 7.96. The molecule has 0 unspecified atom stereocenters. The van der Waals surface area contributed by atoms with Gasteiger partial charge in [0.05, 0.1) is 34.9 Å². The number of nitrogen functional groups attached to an aromatic ring is 1. The number of nitrogens with two attached hydrogens (primary N) is 1. The van der Waals surface area contributed by atoms with Crippen LogP contribution in [-0.2, 0) is 11.3 Å². The first-order chi connectivity index (χ1) is 21.4. The first-order valence-electron chi connectivity index (χ1n) is 13.9. The monoisotopic (exact) mass is 623 g/mol. The molecule has 4 aromatic rings. The quantitative estimate of drug-likeness (QED) is 0.117. The first-order valence-corrected chi connectivity index (χ1v) is 14.8. The molecule has 0 radical (unpaired) electrons. The van der Waals surface area contributed by atoms with Crippen molar-refractivity contribution in [2.45, 2.75) is 31.2 Å². The molecule has 4 heterocycles. The summed E-state index contributed by atoms with van der Waals surface area (Å²) in [5.41, 5.74) is 10.6. The van der Waals surface area contributed by atoms with Gasteiger partial charge in [-0.15, -0.1) is 0 Å². The molecule has 0 atom stereocenters. The molecule has 2 aromatic heterocycles. The zero-order valence-corrected chi connectivity index (χ0v) is 24.6. The lowest BCUT2D eigenvalue weighted by atomic mass is 9.97. The second-order valence-corrected chi connectivity index (χ2v) is 10.9. The van der Waals surface area contributed by atoms with Crippen molar-refractivity contribution in [2.24, 2.45) is 0 Å². The molecule has 6 rings (SSSR count). The first kappa shape index (κ1) is 29.5. The number of nitrogens with one attached hydrogen (secondary N) is 3. The Morgan fingerprint density at radius 1 is 1.16 bits per heavy atom. The number of hydrogen-bond acceptors (Lipinski definition) is 11. The molecule has 0 saturated carbocycles. The molecular formula is C30H31F2N7O4S. The lowest BCUT2D eigenvalue weighted by molar-refractivity contribution is 0.0662. The van der Waals surface area contributed by atoms with Gasteiger partial charge in [-0.1, -0.05) is 12.1 Å². The number of hydrogen-bond donors (Lipinski definition) is 4. The summed E-state index contributed by atoms with van der Waals surface area (Å²) in [5.74, 6) is -0.946. The molecule has 2 aromatic carbocycles. The van der Waals surface area contributed by atoms with Crippen molar-refractivity contribution in [1.29, 1.82) is 5.41 Å². The van der Waals surface area contributed by atoms with E-state index in [0.29, 0.717) is 47.2 Å². The summed E-state index contributed by atoms with van der Waals surface area (Å²) >= 11 is 0.259. The summed E-state index contributed by atoms with van der Waals surface area (Å²) in [4.78, 5) is 4.41. The lowest BCUT2D eigenvalue weighted by Gasteiger charge is -2.22. The minimum atomic E-state index is -2.64. The van der Waals surface area contributed by atoms with E-state index in [2.05, 4.69) is 20.1 Å². The number of pyridine rings is 1. The Morgan fingerprint density at radius 2 is 1.98 bits per heavy atom. The molecule has 2 aliphatic rings. The Labute approximate surface area is 256 Å². The Morgan fingerprint density at radius 3 is 2.77 bits per heavy atom. The van der Waals surface area contributed by atoms with Crippen LogP contribution in [0.4, 0.5) is 26.0 Å². The molecule has 44 heavy (non-hydrogen) atoms. The topological polar surface area (TPSA) is 142 Å². The normalized spacial score (nSPS) is 14.5. The second kappa shape index (κ2) is 13.0. The van der Waals surface area contributed by atoms with Crippen LogP contribution in [0, 0.1) is 5.41 Å². The maximum absolute atomic E-state index is 13.0. The smallest absolute Gasteiger partial charge is 0.302 e. The lowest BCUT2D eigenvalue weighted by Crippen LogP contribution is -2.19. The van der Waals surface area contributed by atoms with E-state index in [4.69, 9.17) is 24.7 Å². The van der Waals surface area contributed by atoms with Crippen LogP contribution in [0.15, 0.2) is 55.0 Å². The van der Waals surface area contributed by atoms with E-state index in [1.165, 1.54) is 0 Å². The number of rotatable bonds is 11. The average Bonchev–Trinajstić information content (AvgIpc) is 3.73. The van der Waals surface area contributed by atoms with Crippen molar-refractivity contribution in [1.82, 2.24) is 14.8 Å². The van der Waals surface area contributed by atoms with E-state index in [1.54, 1.807) is 49.8 Å². The van der Waals surface area contributed by atoms with Gasteiger partial charge in [0.1, 0.15) is 18.2 Å². The van der Waals surface area contributed by atoms with Gasteiger partial charge in [0.15, 0.2) is 11.5 Å². The minimum absolute atomic E-state index is 0.0824. The molecule has 2 aliphatic heterocycles. The zero-order valence-electron chi connectivity index (χ0n) is 23.8. The highest BCUT2D eigenvalue weighted by Crippen LogP contribution is 2.38. The largest absolute Gasteiger partial charge is 0.487 e. The molecule has 0 aliphatic carbocycles. The number of halogens is 2. The molecular weight excluding hydrogens is 592 g/mol. The summed E-state index contributed by atoms with van der Waals surface area (Å²) < 4.78 is 53.1. The molecule has 11 nitrogen and oxygen atoms in total. The number of benzene rings is 2. The molecule has 0 amide bonds. The summed E-state index contributed by atoms with van der Waals surface area (Å²) in [6.07, 6.45) is 7.18. The second-order valence-electron chi connectivity index (χ2n) is 10.2. The number of anilines is 3. The van der Waals surface area contributed by atoms with Crippen LogP contribution in [0.25, 0.3) is 11.1 Å². The molecule has 1 saturated heterocycles. The van der Waals surface area contributed by atoms with E-state index < -0.39 is 5.76 Å². The van der Waals surface area contributed by atoms with Crippen LogP contribution >= 0.6 is 11.9 Å². The van der Waals surface area contributed by atoms with E-state index in [0.717, 1.165) is 29.5 Å². The Kier molecular flexibility index (Phi) is 8.70. The molecule has 0 bridgehead atoms. The predicted molar refractivity (Wildman–Crippen MR) is 165 cm³/mol. The fraction of sp³-hybridized carbons (Fsp3) is 0.300. The highest BCUT2D eigenvalue weighted by Gasteiger charge is 2.23. The van der Waals surface area contributed by atoms with Crippen LogP contribution in [0.2, 0.25) is 0 Å². The summed E-state index contributed by atoms with van der Waals surface area (Å²) in [7, 11) is 1.76. The van der Waals surface area contributed by atoms with Crippen molar-refractivity contribution in [2.75, 3.05) is 42.8 Å². The van der Waals surface area contributed by atoms with Crippen molar-refractivity contribution < 1.29 is 27.7 Å². The van der Waals surface area contributed by atoms with Crippen molar-refractivity contribution in [3.8, 4) is 28.4 Å². The number of aromatic nitrogens is 3. The standard InChI is InChI=1S/C30H31F2N7O4S/c1-35-28-21(19-12-37-39(14-19)20-6-8-40-9-7-20)13-36-29(34)26(28)27(33)18-3-4-22(38-44-30(31)32)24(11-18)41-15-17-2-5-23-25(10-17)43-16-42-23/h2-5,10-14,20,30,33,38H,6-9,15-16H2,1H3,(H3,34,35,36). The molecule has 14 heteroatoms. The van der Waals surface area contributed by atoms with E-state index in [9.17, 15) is 14.2 Å². The summed E-state index contributed by atoms with van der Waals surface area (Å²) in [6, 6.07) is 10.5. The predicted octanol–water partition coefficient (Wildman–Crippen LogP) is 5.93. The molecule has 230 valence electrons. The fourth-order valence-electron chi connectivity index (χ4n) is 5.21. The molecule has 5 N–H and O–H groups in total. The van der Waals surface area contributed by atoms with Gasteiger partial charge < -0.3 is 34.7 Å². The molecule has 0 spiro atoms. The van der Waals surface area contributed by atoms with Gasteiger partial charge in [-0.25, -0.2) is 4.98 Å². The van der Waals surface area contributed by atoms with Gasteiger partial charge in [0.2, 0.25) is 6.79 Å². The number of alkyl halides is 2. The van der Waals surface area contributed by atoms with Gasteiger partial charge in [0, 0.05) is 61.3 Å². The Hall–Kier alpha value is -4.56. The van der Waals surface area contributed by atoms with Crippen LogP contribution < -0.4 is 30.0 Å². The summed E-state index contributed by atoms with van der Waals surface area (Å²) in [6.45, 7) is 1.67. The number of fused-ring (bicyclic) bond motifs is 1. The third kappa shape index (κ3) is 6.21. The zero-order chi connectivity index (χ0) is 30.6. The Balaban J connectivity index is 1.30. The summed E-state index contributed by atoms with van der Waals surface area (Å²) in [5, 5.41) is 17.0. The highest BCUT2D eigenvalue weighted by atomic mass is 32.2. The number of nitrogens with zero attached hydrogens (tertiary/aromatic N) is 3. The van der Waals surface area contributed by atoms with Crippen LogP contribution in [-0.4, -0.2) is 53.3 Å². The maximum Gasteiger partial charge on any atom is 0.302 e. The van der Waals surface area contributed by atoms with Gasteiger partial charge in [0.25, 0.3) is 0 Å².